The first-order chi connectivity index (χ1) is 13.2. The fraction of sp³-hybridized carbons (Fsp3) is 0.211. The smallest absolute Gasteiger partial charge is 0.257 e. The Kier molecular flexibility index (Phi) is 5.28. The van der Waals surface area contributed by atoms with Crippen LogP contribution in [0.3, 0.4) is 0 Å². The van der Waals surface area contributed by atoms with E-state index >= 15 is 0 Å². The van der Waals surface area contributed by atoms with Crippen molar-refractivity contribution in [2.75, 3.05) is 17.2 Å². The molecule has 27 heavy (non-hydrogen) atoms. The monoisotopic (exact) mass is 399 g/mol. The van der Waals surface area contributed by atoms with Crippen molar-refractivity contribution in [3.8, 4) is 10.6 Å². The van der Waals surface area contributed by atoms with Gasteiger partial charge in [-0.25, -0.2) is 4.98 Å². The Hall–Kier alpha value is -2.55. The van der Waals surface area contributed by atoms with Crippen LogP contribution >= 0.6 is 22.7 Å². The zero-order valence-electron chi connectivity index (χ0n) is 14.3. The number of anilines is 2. The van der Waals surface area contributed by atoms with Crippen molar-refractivity contribution in [3.63, 3.8) is 0 Å². The topological polar surface area (TPSA) is 80.3 Å². The molecular formula is C19H17N3O3S2. The Bertz CT molecular complexity index is 947. The molecule has 2 aromatic heterocycles. The van der Waals surface area contributed by atoms with Crippen molar-refractivity contribution in [1.82, 2.24) is 4.98 Å². The van der Waals surface area contributed by atoms with E-state index in [0.29, 0.717) is 23.0 Å². The number of carbonyl (C=O) groups is 2. The van der Waals surface area contributed by atoms with Crippen LogP contribution in [0.25, 0.3) is 10.6 Å². The standard InChI is InChI=1S/C19H17N3O3S2/c23-17(22-19-21-14(11-27-19)16-7-3-9-26-16)12-4-1-5-13(10-12)20-18(24)15-6-2-8-25-15/h1,3-5,7,9-11,15H,2,6,8H2,(H,20,24)(H,21,22,23). The quantitative estimate of drug-likeness (QED) is 0.672. The fourth-order valence-corrected chi connectivity index (χ4v) is 4.25. The lowest BCUT2D eigenvalue weighted by Gasteiger charge is -2.11. The third kappa shape index (κ3) is 4.24. The SMILES string of the molecule is O=C(Nc1nc(-c2cccs2)cs1)c1cccc(NC(=O)C2CCCO2)c1. The van der Waals surface area contributed by atoms with Gasteiger partial charge in [-0.2, -0.15) is 0 Å². The summed E-state index contributed by atoms with van der Waals surface area (Å²) in [6.45, 7) is 0.613. The van der Waals surface area contributed by atoms with Crippen molar-refractivity contribution >= 4 is 45.3 Å². The summed E-state index contributed by atoms with van der Waals surface area (Å²) in [6, 6.07) is 10.8. The molecule has 0 spiro atoms. The van der Waals surface area contributed by atoms with E-state index in [4.69, 9.17) is 4.74 Å². The first-order valence-corrected chi connectivity index (χ1v) is 10.3. The number of nitrogens with zero attached hydrogens (tertiary/aromatic N) is 1. The first-order valence-electron chi connectivity index (χ1n) is 8.52. The predicted molar refractivity (Wildman–Crippen MR) is 107 cm³/mol. The molecule has 6 nitrogen and oxygen atoms in total. The number of benzene rings is 1. The number of hydrogen-bond donors (Lipinski definition) is 2. The second-order valence-corrected chi connectivity index (χ2v) is 7.85. The van der Waals surface area contributed by atoms with Gasteiger partial charge < -0.3 is 10.1 Å². The molecule has 2 N–H and O–H groups in total. The second kappa shape index (κ2) is 7.99. The van der Waals surface area contributed by atoms with Gasteiger partial charge in [-0.1, -0.05) is 12.1 Å². The van der Waals surface area contributed by atoms with Gasteiger partial charge in [-0.15, -0.1) is 22.7 Å². The van der Waals surface area contributed by atoms with Gasteiger partial charge in [0.1, 0.15) is 6.10 Å². The summed E-state index contributed by atoms with van der Waals surface area (Å²) in [5.74, 6) is -0.444. The molecule has 1 aliphatic heterocycles. The Balaban J connectivity index is 1.42. The molecule has 8 heteroatoms. The summed E-state index contributed by atoms with van der Waals surface area (Å²) in [5, 5.41) is 10.1. The fourth-order valence-electron chi connectivity index (χ4n) is 2.78. The van der Waals surface area contributed by atoms with Crippen LogP contribution in [0.2, 0.25) is 0 Å². The van der Waals surface area contributed by atoms with Crippen LogP contribution in [0.4, 0.5) is 10.8 Å². The molecule has 3 heterocycles. The molecule has 1 aromatic carbocycles. The largest absolute Gasteiger partial charge is 0.368 e. The lowest BCUT2D eigenvalue weighted by Crippen LogP contribution is -2.27. The van der Waals surface area contributed by atoms with Crippen molar-refractivity contribution in [2.45, 2.75) is 18.9 Å². The molecule has 138 valence electrons. The number of thiazole rings is 1. The number of ether oxygens (including phenoxy) is 1. The highest BCUT2D eigenvalue weighted by Crippen LogP contribution is 2.28. The molecule has 1 atom stereocenters. The number of thiophene rings is 1. The average Bonchev–Trinajstić information content (AvgIpc) is 3.43. The van der Waals surface area contributed by atoms with E-state index in [1.165, 1.54) is 11.3 Å². The average molecular weight is 399 g/mol. The molecule has 1 unspecified atom stereocenters. The van der Waals surface area contributed by atoms with Gasteiger partial charge in [0, 0.05) is 23.2 Å². The Morgan fingerprint density at radius 2 is 2.07 bits per heavy atom. The number of aromatic nitrogens is 1. The highest BCUT2D eigenvalue weighted by Gasteiger charge is 2.23. The van der Waals surface area contributed by atoms with E-state index in [-0.39, 0.29) is 11.8 Å². The molecule has 0 bridgehead atoms. The molecule has 1 saturated heterocycles. The minimum atomic E-state index is -0.409. The molecule has 4 rings (SSSR count). The third-order valence-electron chi connectivity index (χ3n) is 4.11. The van der Waals surface area contributed by atoms with Crippen LogP contribution in [-0.4, -0.2) is 29.5 Å². The van der Waals surface area contributed by atoms with Crippen LogP contribution in [0.15, 0.2) is 47.2 Å². The van der Waals surface area contributed by atoms with E-state index in [2.05, 4.69) is 15.6 Å². The van der Waals surface area contributed by atoms with Gasteiger partial charge >= 0.3 is 0 Å². The summed E-state index contributed by atoms with van der Waals surface area (Å²) in [6.07, 6.45) is 1.21. The van der Waals surface area contributed by atoms with E-state index in [1.807, 2.05) is 22.9 Å². The minimum Gasteiger partial charge on any atom is -0.368 e. The summed E-state index contributed by atoms with van der Waals surface area (Å²) in [5.41, 5.74) is 1.87. The van der Waals surface area contributed by atoms with Gasteiger partial charge in [-0.3, -0.25) is 14.9 Å². The van der Waals surface area contributed by atoms with Crippen LogP contribution in [0.5, 0.6) is 0 Å². The van der Waals surface area contributed by atoms with Crippen LogP contribution < -0.4 is 10.6 Å². The maximum absolute atomic E-state index is 12.5. The first kappa shape index (κ1) is 17.8. The Morgan fingerprint density at radius 3 is 2.85 bits per heavy atom. The summed E-state index contributed by atoms with van der Waals surface area (Å²) < 4.78 is 5.38. The predicted octanol–water partition coefficient (Wildman–Crippen LogP) is 4.24. The molecule has 0 radical (unpaired) electrons. The number of nitrogens with one attached hydrogen (secondary N) is 2. The zero-order valence-corrected chi connectivity index (χ0v) is 15.9. The van der Waals surface area contributed by atoms with Gasteiger partial charge in [0.25, 0.3) is 11.8 Å². The maximum atomic E-state index is 12.5. The van der Waals surface area contributed by atoms with Crippen molar-refractivity contribution in [2.24, 2.45) is 0 Å². The molecule has 3 aromatic rings. The van der Waals surface area contributed by atoms with Crippen molar-refractivity contribution in [3.05, 3.63) is 52.7 Å². The van der Waals surface area contributed by atoms with E-state index in [0.717, 1.165) is 23.4 Å². The lowest BCUT2D eigenvalue weighted by atomic mass is 10.1. The molecule has 1 fully saturated rings. The second-order valence-electron chi connectivity index (χ2n) is 6.04. The zero-order chi connectivity index (χ0) is 18.6. The molecule has 0 aliphatic carbocycles. The number of hydrogen-bond acceptors (Lipinski definition) is 6. The summed E-state index contributed by atoms with van der Waals surface area (Å²) in [7, 11) is 0. The van der Waals surface area contributed by atoms with Crippen LogP contribution in [-0.2, 0) is 9.53 Å². The van der Waals surface area contributed by atoms with Gasteiger partial charge in [0.15, 0.2) is 5.13 Å². The maximum Gasteiger partial charge on any atom is 0.257 e. The highest BCUT2D eigenvalue weighted by atomic mass is 32.1. The highest BCUT2D eigenvalue weighted by molar-refractivity contribution is 7.16. The van der Waals surface area contributed by atoms with Gasteiger partial charge in [0.05, 0.1) is 10.6 Å². The molecule has 1 aliphatic rings. The van der Waals surface area contributed by atoms with E-state index in [9.17, 15) is 9.59 Å². The number of carbonyl (C=O) groups excluding carboxylic acids is 2. The molecule has 0 saturated carbocycles. The van der Waals surface area contributed by atoms with Crippen LogP contribution in [0, 0.1) is 0 Å². The van der Waals surface area contributed by atoms with Gasteiger partial charge in [0.2, 0.25) is 0 Å². The molecule has 2 amide bonds. The van der Waals surface area contributed by atoms with Crippen molar-refractivity contribution in [1.29, 1.82) is 0 Å². The Morgan fingerprint density at radius 1 is 1.15 bits per heavy atom. The van der Waals surface area contributed by atoms with Crippen molar-refractivity contribution < 1.29 is 14.3 Å². The summed E-state index contributed by atoms with van der Waals surface area (Å²) >= 11 is 2.98. The minimum absolute atomic E-state index is 0.175. The number of amides is 2. The van der Waals surface area contributed by atoms with E-state index in [1.54, 1.807) is 35.6 Å². The van der Waals surface area contributed by atoms with E-state index < -0.39 is 6.10 Å². The van der Waals surface area contributed by atoms with Gasteiger partial charge in [-0.05, 0) is 42.5 Å². The lowest BCUT2D eigenvalue weighted by molar-refractivity contribution is -0.124. The third-order valence-corrected chi connectivity index (χ3v) is 5.76. The van der Waals surface area contributed by atoms with Crippen LogP contribution in [0.1, 0.15) is 23.2 Å². The Labute approximate surface area is 164 Å². The molecular weight excluding hydrogens is 382 g/mol. The number of rotatable bonds is 5. The summed E-state index contributed by atoms with van der Waals surface area (Å²) in [4.78, 5) is 30.2. The normalized spacial score (nSPS) is 16.2.